The normalized spacial score (nSPS) is 10.8. The Morgan fingerprint density at radius 1 is 1.50 bits per heavy atom. The summed E-state index contributed by atoms with van der Waals surface area (Å²) in [6.45, 7) is 0. The third-order valence-corrected chi connectivity index (χ3v) is 1.50. The SMILES string of the molecule is O=c1[nH]cc(CC=CCl)c(=O)[nH]1. The fourth-order valence-corrected chi connectivity index (χ4v) is 0.850. The van der Waals surface area contributed by atoms with Crippen LogP contribution in [0, 0.1) is 0 Å². The minimum Gasteiger partial charge on any atom is -0.314 e. The van der Waals surface area contributed by atoms with E-state index in [1.54, 1.807) is 6.08 Å². The lowest BCUT2D eigenvalue weighted by molar-refractivity contribution is 0.985. The Labute approximate surface area is 72.9 Å². The van der Waals surface area contributed by atoms with Crippen LogP contribution in [0.15, 0.2) is 27.4 Å². The molecule has 5 heteroatoms. The number of hydrogen-bond acceptors (Lipinski definition) is 2. The smallest absolute Gasteiger partial charge is 0.314 e. The number of halogens is 1. The van der Waals surface area contributed by atoms with E-state index >= 15 is 0 Å². The molecule has 0 saturated heterocycles. The molecule has 1 rings (SSSR count). The molecule has 1 aromatic heterocycles. The van der Waals surface area contributed by atoms with Crippen LogP contribution in [-0.4, -0.2) is 9.97 Å². The molecule has 1 heterocycles. The Kier molecular flexibility index (Phi) is 2.88. The van der Waals surface area contributed by atoms with Gasteiger partial charge in [-0.05, 0) is 6.42 Å². The summed E-state index contributed by atoms with van der Waals surface area (Å²) in [5.41, 5.74) is 0.920. The molecule has 0 saturated carbocycles. The van der Waals surface area contributed by atoms with Crippen LogP contribution in [0.5, 0.6) is 0 Å². The van der Waals surface area contributed by atoms with Crippen molar-refractivity contribution in [1.29, 1.82) is 0 Å². The first-order valence-corrected chi connectivity index (χ1v) is 3.74. The van der Waals surface area contributed by atoms with Crippen LogP contribution >= 0.6 is 11.6 Å². The minimum atomic E-state index is -0.501. The second-order valence-electron chi connectivity index (χ2n) is 2.16. The van der Waals surface area contributed by atoms with Crippen LogP contribution in [0.4, 0.5) is 0 Å². The molecular formula is C7H7ClN2O2. The minimum absolute atomic E-state index is 0.381. The van der Waals surface area contributed by atoms with Crippen molar-refractivity contribution >= 4 is 11.6 Å². The molecule has 4 nitrogen and oxygen atoms in total. The fourth-order valence-electron chi connectivity index (χ4n) is 0.761. The van der Waals surface area contributed by atoms with Crippen molar-refractivity contribution in [3.63, 3.8) is 0 Å². The number of rotatable bonds is 2. The van der Waals surface area contributed by atoms with Crippen LogP contribution in [-0.2, 0) is 6.42 Å². The standard InChI is InChI=1S/C7H7ClN2O2/c8-3-1-2-5-4-9-7(12)10-6(5)11/h1,3-4H,2H2,(H2,9,10,11,12). The Balaban J connectivity index is 3.02. The molecule has 0 aliphatic rings. The van der Waals surface area contributed by atoms with Gasteiger partial charge in [-0.15, -0.1) is 0 Å². The van der Waals surface area contributed by atoms with Gasteiger partial charge in [0.1, 0.15) is 0 Å². The summed E-state index contributed by atoms with van der Waals surface area (Å²) in [5, 5.41) is 0. The van der Waals surface area contributed by atoms with Gasteiger partial charge < -0.3 is 4.98 Å². The highest BCUT2D eigenvalue weighted by molar-refractivity contribution is 6.25. The first-order valence-electron chi connectivity index (χ1n) is 3.30. The molecule has 1 aromatic rings. The number of aromatic amines is 2. The summed E-state index contributed by atoms with van der Waals surface area (Å²) in [7, 11) is 0. The van der Waals surface area contributed by atoms with E-state index in [9.17, 15) is 9.59 Å². The Morgan fingerprint density at radius 2 is 2.25 bits per heavy atom. The topological polar surface area (TPSA) is 65.7 Å². The summed E-state index contributed by atoms with van der Waals surface area (Å²) in [6, 6.07) is 0. The lowest BCUT2D eigenvalue weighted by Crippen LogP contribution is -2.24. The summed E-state index contributed by atoms with van der Waals surface area (Å²) in [6.07, 6.45) is 3.40. The Hall–Kier alpha value is -1.29. The fraction of sp³-hybridized carbons (Fsp3) is 0.143. The van der Waals surface area contributed by atoms with E-state index in [1.165, 1.54) is 11.7 Å². The molecule has 64 valence electrons. The molecular weight excluding hydrogens is 180 g/mol. The first kappa shape index (κ1) is 8.80. The zero-order chi connectivity index (χ0) is 8.97. The van der Waals surface area contributed by atoms with Gasteiger partial charge in [-0.2, -0.15) is 0 Å². The van der Waals surface area contributed by atoms with Crippen molar-refractivity contribution in [3.8, 4) is 0 Å². The van der Waals surface area contributed by atoms with E-state index in [1.807, 2.05) is 0 Å². The molecule has 0 spiro atoms. The molecule has 2 N–H and O–H groups in total. The Morgan fingerprint density at radius 3 is 2.83 bits per heavy atom. The van der Waals surface area contributed by atoms with Gasteiger partial charge in [0.25, 0.3) is 5.56 Å². The number of H-pyrrole nitrogens is 2. The second-order valence-corrected chi connectivity index (χ2v) is 2.41. The molecule has 0 radical (unpaired) electrons. The Bertz CT molecular complexity index is 391. The molecule has 0 bridgehead atoms. The largest absolute Gasteiger partial charge is 0.325 e. The maximum Gasteiger partial charge on any atom is 0.325 e. The van der Waals surface area contributed by atoms with E-state index in [0.717, 1.165) is 0 Å². The van der Waals surface area contributed by atoms with Crippen LogP contribution < -0.4 is 11.2 Å². The van der Waals surface area contributed by atoms with Crippen molar-refractivity contribution in [1.82, 2.24) is 9.97 Å². The third-order valence-electron chi connectivity index (χ3n) is 1.32. The van der Waals surface area contributed by atoms with Crippen LogP contribution in [0.1, 0.15) is 5.56 Å². The molecule has 0 fully saturated rings. The van der Waals surface area contributed by atoms with E-state index in [0.29, 0.717) is 12.0 Å². The molecule has 0 unspecified atom stereocenters. The van der Waals surface area contributed by atoms with Gasteiger partial charge in [-0.3, -0.25) is 9.78 Å². The highest BCUT2D eigenvalue weighted by atomic mass is 35.5. The lowest BCUT2D eigenvalue weighted by atomic mass is 10.2. The van der Waals surface area contributed by atoms with Gasteiger partial charge in [0.2, 0.25) is 0 Å². The summed E-state index contributed by atoms with van der Waals surface area (Å²) in [5.74, 6) is 0. The number of allylic oxidation sites excluding steroid dienone is 1. The predicted octanol–water partition coefficient (Wildman–Crippen LogP) is 0.358. The second kappa shape index (κ2) is 3.92. The van der Waals surface area contributed by atoms with Gasteiger partial charge in [-0.25, -0.2) is 4.79 Å². The third kappa shape index (κ3) is 2.10. The lowest BCUT2D eigenvalue weighted by Gasteiger charge is -1.91. The average molecular weight is 187 g/mol. The van der Waals surface area contributed by atoms with Crippen molar-refractivity contribution < 1.29 is 0 Å². The highest BCUT2D eigenvalue weighted by Crippen LogP contribution is 1.89. The zero-order valence-electron chi connectivity index (χ0n) is 6.13. The van der Waals surface area contributed by atoms with Gasteiger partial charge in [0.05, 0.1) is 0 Å². The monoisotopic (exact) mass is 186 g/mol. The van der Waals surface area contributed by atoms with E-state index in [-0.39, 0.29) is 5.56 Å². The molecule has 0 aliphatic carbocycles. The van der Waals surface area contributed by atoms with E-state index in [4.69, 9.17) is 11.6 Å². The maximum atomic E-state index is 11.0. The van der Waals surface area contributed by atoms with Crippen molar-refractivity contribution in [3.05, 3.63) is 44.2 Å². The van der Waals surface area contributed by atoms with Gasteiger partial charge in [0.15, 0.2) is 0 Å². The van der Waals surface area contributed by atoms with E-state index < -0.39 is 5.69 Å². The number of hydrogen-bond donors (Lipinski definition) is 2. The molecule has 0 aromatic carbocycles. The average Bonchev–Trinajstić information content (AvgIpc) is 2.03. The molecule has 12 heavy (non-hydrogen) atoms. The van der Waals surface area contributed by atoms with Crippen LogP contribution in [0.25, 0.3) is 0 Å². The highest BCUT2D eigenvalue weighted by Gasteiger charge is 1.95. The summed E-state index contributed by atoms with van der Waals surface area (Å²) >= 11 is 5.27. The van der Waals surface area contributed by atoms with Gasteiger partial charge >= 0.3 is 5.69 Å². The molecule has 0 aliphatic heterocycles. The van der Waals surface area contributed by atoms with Gasteiger partial charge in [-0.1, -0.05) is 17.7 Å². The maximum absolute atomic E-state index is 11.0. The quantitative estimate of drug-likeness (QED) is 0.701. The van der Waals surface area contributed by atoms with Crippen LogP contribution in [0.2, 0.25) is 0 Å². The van der Waals surface area contributed by atoms with E-state index in [2.05, 4.69) is 9.97 Å². The van der Waals surface area contributed by atoms with Crippen molar-refractivity contribution in [2.45, 2.75) is 6.42 Å². The number of nitrogens with one attached hydrogen (secondary N) is 2. The predicted molar refractivity (Wildman–Crippen MR) is 46.4 cm³/mol. The zero-order valence-corrected chi connectivity index (χ0v) is 6.89. The molecule has 0 atom stereocenters. The summed E-state index contributed by atoms with van der Waals surface area (Å²) in [4.78, 5) is 26.0. The van der Waals surface area contributed by atoms with Crippen molar-refractivity contribution in [2.75, 3.05) is 0 Å². The van der Waals surface area contributed by atoms with Crippen LogP contribution in [0.3, 0.4) is 0 Å². The van der Waals surface area contributed by atoms with Crippen molar-refractivity contribution in [2.24, 2.45) is 0 Å². The first-order chi connectivity index (χ1) is 5.74. The van der Waals surface area contributed by atoms with Gasteiger partial charge in [0, 0.05) is 17.3 Å². The number of aromatic nitrogens is 2. The molecule has 0 amide bonds. The summed E-state index contributed by atoms with van der Waals surface area (Å²) < 4.78 is 0.